The number of nitrogens with zero attached hydrogens (tertiary/aromatic N) is 1. The van der Waals surface area contributed by atoms with Gasteiger partial charge in [-0.2, -0.15) is 0 Å². The molecule has 0 bridgehead atoms. The third-order valence-corrected chi connectivity index (χ3v) is 3.92. The molecule has 0 radical (unpaired) electrons. The van der Waals surface area contributed by atoms with Gasteiger partial charge < -0.3 is 10.6 Å². The average molecular weight is 246 g/mol. The van der Waals surface area contributed by atoms with E-state index in [9.17, 15) is 4.79 Å². The Kier molecular flexibility index (Phi) is 4.37. The molecule has 1 aliphatic rings. The third kappa shape index (κ3) is 3.10. The first kappa shape index (κ1) is 13.1. The monoisotopic (exact) mass is 246 g/mol. The number of nitrogens with two attached hydrogens (primary N) is 1. The van der Waals surface area contributed by atoms with E-state index in [-0.39, 0.29) is 11.9 Å². The zero-order chi connectivity index (χ0) is 13.0. The Morgan fingerprint density at radius 1 is 1.28 bits per heavy atom. The van der Waals surface area contributed by atoms with Crippen molar-refractivity contribution in [2.75, 3.05) is 11.9 Å². The molecule has 18 heavy (non-hydrogen) atoms. The number of carbonyl (C=O) groups excluding carboxylic acids is 1. The summed E-state index contributed by atoms with van der Waals surface area (Å²) < 4.78 is 0. The number of hydrogen-bond acceptors (Lipinski definition) is 2. The summed E-state index contributed by atoms with van der Waals surface area (Å²) in [6.45, 7) is 0. The number of hydrogen-bond donors (Lipinski definition) is 1. The summed E-state index contributed by atoms with van der Waals surface area (Å²) in [6, 6.07) is 9.97. The summed E-state index contributed by atoms with van der Waals surface area (Å²) in [5.41, 5.74) is 7.05. The predicted molar refractivity (Wildman–Crippen MR) is 74.4 cm³/mol. The zero-order valence-corrected chi connectivity index (χ0v) is 11.0. The van der Waals surface area contributed by atoms with Crippen molar-refractivity contribution in [3.63, 3.8) is 0 Å². The molecule has 3 heteroatoms. The molecule has 0 saturated heterocycles. The smallest absolute Gasteiger partial charge is 0.227 e. The van der Waals surface area contributed by atoms with Crippen LogP contribution < -0.4 is 10.6 Å². The van der Waals surface area contributed by atoms with Gasteiger partial charge in [-0.25, -0.2) is 0 Å². The second-order valence-corrected chi connectivity index (χ2v) is 5.20. The maximum atomic E-state index is 12.2. The van der Waals surface area contributed by atoms with Gasteiger partial charge in [-0.1, -0.05) is 31.0 Å². The molecule has 2 unspecified atom stereocenters. The molecule has 2 rings (SSSR count). The predicted octanol–water partition coefficient (Wildman–Crippen LogP) is 2.56. The van der Waals surface area contributed by atoms with Crippen molar-refractivity contribution < 1.29 is 4.79 Å². The molecule has 2 atom stereocenters. The summed E-state index contributed by atoms with van der Waals surface area (Å²) in [5, 5.41) is 0. The van der Waals surface area contributed by atoms with Gasteiger partial charge in [0.15, 0.2) is 0 Å². The van der Waals surface area contributed by atoms with Crippen LogP contribution in [-0.2, 0) is 4.79 Å². The van der Waals surface area contributed by atoms with Crippen LogP contribution in [0, 0.1) is 5.92 Å². The lowest BCUT2D eigenvalue weighted by Crippen LogP contribution is -2.37. The summed E-state index contributed by atoms with van der Waals surface area (Å²) in [7, 11) is 1.84. The van der Waals surface area contributed by atoms with Gasteiger partial charge in [-0.15, -0.1) is 0 Å². The maximum Gasteiger partial charge on any atom is 0.227 e. The summed E-state index contributed by atoms with van der Waals surface area (Å²) in [6.07, 6.45) is 5.15. The summed E-state index contributed by atoms with van der Waals surface area (Å²) in [5.74, 6) is 0.529. The van der Waals surface area contributed by atoms with Crippen molar-refractivity contribution in [1.82, 2.24) is 0 Å². The van der Waals surface area contributed by atoms with Crippen LogP contribution >= 0.6 is 0 Å². The summed E-state index contributed by atoms with van der Waals surface area (Å²) in [4.78, 5) is 14.0. The highest BCUT2D eigenvalue weighted by Crippen LogP contribution is 2.26. The van der Waals surface area contributed by atoms with Crippen molar-refractivity contribution in [2.24, 2.45) is 11.7 Å². The van der Waals surface area contributed by atoms with Gasteiger partial charge in [-0.3, -0.25) is 4.79 Å². The van der Waals surface area contributed by atoms with Crippen LogP contribution in [-0.4, -0.2) is 19.0 Å². The van der Waals surface area contributed by atoms with Crippen LogP contribution in [0.15, 0.2) is 30.3 Å². The van der Waals surface area contributed by atoms with E-state index in [0.717, 1.165) is 18.5 Å². The van der Waals surface area contributed by atoms with Gasteiger partial charge in [0.1, 0.15) is 0 Å². The average Bonchev–Trinajstić information content (AvgIpc) is 2.41. The number of benzene rings is 1. The topological polar surface area (TPSA) is 46.3 Å². The first-order valence-corrected chi connectivity index (χ1v) is 6.75. The van der Waals surface area contributed by atoms with Crippen LogP contribution in [0.3, 0.4) is 0 Å². The number of para-hydroxylation sites is 1. The van der Waals surface area contributed by atoms with E-state index < -0.39 is 0 Å². The second kappa shape index (κ2) is 6.01. The maximum absolute atomic E-state index is 12.2. The molecule has 0 aromatic heterocycles. The van der Waals surface area contributed by atoms with E-state index in [4.69, 9.17) is 5.73 Å². The van der Waals surface area contributed by atoms with Crippen LogP contribution in [0.1, 0.15) is 32.1 Å². The van der Waals surface area contributed by atoms with E-state index in [1.54, 1.807) is 4.90 Å². The van der Waals surface area contributed by atoms with Crippen LogP contribution in [0.2, 0.25) is 0 Å². The highest BCUT2D eigenvalue weighted by Gasteiger charge is 2.25. The van der Waals surface area contributed by atoms with Crippen molar-refractivity contribution in [2.45, 2.75) is 38.1 Å². The molecule has 0 spiro atoms. The molecule has 1 aliphatic carbocycles. The lowest BCUT2D eigenvalue weighted by Gasteiger charge is -2.29. The van der Waals surface area contributed by atoms with Gasteiger partial charge in [0.25, 0.3) is 0 Å². The number of rotatable bonds is 3. The van der Waals surface area contributed by atoms with Crippen molar-refractivity contribution in [3.8, 4) is 0 Å². The highest BCUT2D eigenvalue weighted by atomic mass is 16.2. The Morgan fingerprint density at radius 2 is 1.94 bits per heavy atom. The van der Waals surface area contributed by atoms with Gasteiger partial charge >= 0.3 is 0 Å². The van der Waals surface area contributed by atoms with E-state index in [1.165, 1.54) is 12.8 Å². The Balaban J connectivity index is 1.95. The molecule has 1 saturated carbocycles. The van der Waals surface area contributed by atoms with Gasteiger partial charge in [0, 0.05) is 25.2 Å². The molecule has 1 aromatic carbocycles. The highest BCUT2D eigenvalue weighted by molar-refractivity contribution is 5.92. The SMILES string of the molecule is CN(C(=O)CC1CCCCC1N)c1ccccc1. The Hall–Kier alpha value is -1.35. The number of anilines is 1. The lowest BCUT2D eigenvalue weighted by molar-refractivity contribution is -0.119. The molecule has 1 aromatic rings. The molecule has 98 valence electrons. The van der Waals surface area contributed by atoms with Crippen molar-refractivity contribution in [1.29, 1.82) is 0 Å². The minimum Gasteiger partial charge on any atom is -0.327 e. The standard InChI is InChI=1S/C15H22N2O/c1-17(13-8-3-2-4-9-13)15(18)11-12-7-5-6-10-14(12)16/h2-4,8-9,12,14H,5-7,10-11,16H2,1H3. The van der Waals surface area contributed by atoms with E-state index in [2.05, 4.69) is 0 Å². The van der Waals surface area contributed by atoms with E-state index in [1.807, 2.05) is 37.4 Å². The number of amides is 1. The fourth-order valence-electron chi connectivity index (χ4n) is 2.65. The minimum absolute atomic E-state index is 0.170. The quantitative estimate of drug-likeness (QED) is 0.891. The number of carbonyl (C=O) groups is 1. The van der Waals surface area contributed by atoms with Crippen LogP contribution in [0.4, 0.5) is 5.69 Å². The van der Waals surface area contributed by atoms with Crippen LogP contribution in [0.25, 0.3) is 0 Å². The molecule has 1 amide bonds. The van der Waals surface area contributed by atoms with Crippen molar-refractivity contribution in [3.05, 3.63) is 30.3 Å². The normalized spacial score (nSPS) is 23.7. The van der Waals surface area contributed by atoms with Gasteiger partial charge in [-0.05, 0) is 30.9 Å². The van der Waals surface area contributed by atoms with E-state index >= 15 is 0 Å². The van der Waals surface area contributed by atoms with Gasteiger partial charge in [0.05, 0.1) is 0 Å². The fourth-order valence-corrected chi connectivity index (χ4v) is 2.65. The van der Waals surface area contributed by atoms with Crippen LogP contribution in [0.5, 0.6) is 0 Å². The zero-order valence-electron chi connectivity index (χ0n) is 11.0. The first-order chi connectivity index (χ1) is 8.68. The largest absolute Gasteiger partial charge is 0.327 e. The Labute approximate surface area is 109 Å². The Morgan fingerprint density at radius 3 is 2.61 bits per heavy atom. The molecule has 0 heterocycles. The second-order valence-electron chi connectivity index (χ2n) is 5.20. The Bertz CT molecular complexity index is 391. The molecule has 3 nitrogen and oxygen atoms in total. The molecule has 2 N–H and O–H groups in total. The first-order valence-electron chi connectivity index (χ1n) is 6.75. The molecule has 1 fully saturated rings. The van der Waals surface area contributed by atoms with E-state index in [0.29, 0.717) is 12.3 Å². The van der Waals surface area contributed by atoms with Crippen molar-refractivity contribution >= 4 is 11.6 Å². The third-order valence-electron chi connectivity index (χ3n) is 3.92. The fraction of sp³-hybridized carbons (Fsp3) is 0.533. The molecule has 0 aliphatic heterocycles. The summed E-state index contributed by atoms with van der Waals surface area (Å²) >= 11 is 0. The molecular weight excluding hydrogens is 224 g/mol. The lowest BCUT2D eigenvalue weighted by atomic mass is 9.83. The van der Waals surface area contributed by atoms with Gasteiger partial charge in [0.2, 0.25) is 5.91 Å². The molecular formula is C15H22N2O. The minimum atomic E-state index is 0.170.